The van der Waals surface area contributed by atoms with Gasteiger partial charge in [0.15, 0.2) is 5.82 Å². The highest BCUT2D eigenvalue weighted by Crippen LogP contribution is 2.29. The lowest BCUT2D eigenvalue weighted by Crippen LogP contribution is -1.98. The summed E-state index contributed by atoms with van der Waals surface area (Å²) in [6.45, 7) is 2.00. The van der Waals surface area contributed by atoms with Crippen LogP contribution >= 0.6 is 0 Å². The Morgan fingerprint density at radius 2 is 1.84 bits per heavy atom. The standard InChI is InChI=1S/C15H13N3O/c1-9-6-7-12-11(8-9)14(16)18-15(17-12)10-4-2-3-5-13(10)19/h2-8,19H,1H3,(H2,16,17,18). The molecule has 0 unspecified atom stereocenters. The molecule has 0 aliphatic rings. The minimum Gasteiger partial charge on any atom is -0.507 e. The monoisotopic (exact) mass is 251 g/mol. The van der Waals surface area contributed by atoms with Crippen LogP contribution in [0.5, 0.6) is 5.75 Å². The molecule has 0 amide bonds. The van der Waals surface area contributed by atoms with Gasteiger partial charge in [0, 0.05) is 5.39 Å². The van der Waals surface area contributed by atoms with E-state index in [4.69, 9.17) is 5.73 Å². The summed E-state index contributed by atoms with van der Waals surface area (Å²) in [5, 5.41) is 10.7. The Bertz CT molecular complexity index is 768. The molecule has 0 saturated carbocycles. The lowest BCUT2D eigenvalue weighted by Gasteiger charge is -2.07. The first kappa shape index (κ1) is 11.5. The zero-order chi connectivity index (χ0) is 13.4. The maximum atomic E-state index is 9.85. The minimum atomic E-state index is 0.147. The lowest BCUT2D eigenvalue weighted by molar-refractivity contribution is 0.477. The third-order valence-electron chi connectivity index (χ3n) is 3.03. The summed E-state index contributed by atoms with van der Waals surface area (Å²) in [4.78, 5) is 8.74. The molecule has 4 nitrogen and oxygen atoms in total. The fourth-order valence-electron chi connectivity index (χ4n) is 2.05. The Labute approximate surface area is 110 Å². The molecule has 0 aliphatic heterocycles. The second-order valence-electron chi connectivity index (χ2n) is 4.47. The number of hydrogen-bond acceptors (Lipinski definition) is 4. The molecule has 0 bridgehead atoms. The Balaban J connectivity index is 2.27. The summed E-state index contributed by atoms with van der Waals surface area (Å²) in [7, 11) is 0. The highest BCUT2D eigenvalue weighted by Gasteiger charge is 2.10. The van der Waals surface area contributed by atoms with Gasteiger partial charge in [-0.25, -0.2) is 9.97 Å². The molecule has 19 heavy (non-hydrogen) atoms. The highest BCUT2D eigenvalue weighted by molar-refractivity contribution is 5.90. The number of fused-ring (bicyclic) bond motifs is 1. The van der Waals surface area contributed by atoms with Crippen LogP contribution in [-0.2, 0) is 0 Å². The number of hydrogen-bond donors (Lipinski definition) is 2. The lowest BCUT2D eigenvalue weighted by atomic mass is 10.1. The number of rotatable bonds is 1. The van der Waals surface area contributed by atoms with E-state index in [1.165, 1.54) is 0 Å². The predicted octanol–water partition coefficient (Wildman–Crippen LogP) is 2.89. The first-order valence-corrected chi connectivity index (χ1v) is 5.97. The van der Waals surface area contributed by atoms with Crippen molar-refractivity contribution >= 4 is 16.7 Å². The van der Waals surface area contributed by atoms with Crippen LogP contribution in [-0.4, -0.2) is 15.1 Å². The van der Waals surface area contributed by atoms with Gasteiger partial charge >= 0.3 is 0 Å². The zero-order valence-electron chi connectivity index (χ0n) is 10.5. The molecule has 3 N–H and O–H groups in total. The van der Waals surface area contributed by atoms with Crippen LogP contribution in [0.15, 0.2) is 42.5 Å². The summed E-state index contributed by atoms with van der Waals surface area (Å²) < 4.78 is 0. The van der Waals surface area contributed by atoms with Crippen LogP contribution in [0.1, 0.15) is 5.56 Å². The Morgan fingerprint density at radius 1 is 1.05 bits per heavy atom. The van der Waals surface area contributed by atoms with E-state index in [-0.39, 0.29) is 5.75 Å². The van der Waals surface area contributed by atoms with E-state index in [2.05, 4.69) is 9.97 Å². The number of nitrogens with zero attached hydrogens (tertiary/aromatic N) is 2. The summed E-state index contributed by atoms with van der Waals surface area (Å²) >= 11 is 0. The van der Waals surface area contributed by atoms with E-state index < -0.39 is 0 Å². The van der Waals surface area contributed by atoms with Crippen molar-refractivity contribution in [2.75, 3.05) is 5.73 Å². The number of phenols is 1. The van der Waals surface area contributed by atoms with E-state index >= 15 is 0 Å². The first-order valence-electron chi connectivity index (χ1n) is 5.97. The molecule has 0 radical (unpaired) electrons. The molecule has 0 fully saturated rings. The number of aromatic nitrogens is 2. The number of nitrogens with two attached hydrogens (primary N) is 1. The SMILES string of the molecule is Cc1ccc2nc(-c3ccccc3O)nc(N)c2c1. The summed E-state index contributed by atoms with van der Waals surface area (Å²) in [5.41, 5.74) is 8.44. The van der Waals surface area contributed by atoms with E-state index in [1.54, 1.807) is 18.2 Å². The second kappa shape index (κ2) is 4.24. The molecule has 94 valence electrons. The highest BCUT2D eigenvalue weighted by atomic mass is 16.3. The van der Waals surface area contributed by atoms with Crippen LogP contribution < -0.4 is 5.73 Å². The molecule has 1 heterocycles. The smallest absolute Gasteiger partial charge is 0.165 e. The van der Waals surface area contributed by atoms with Gasteiger partial charge in [0.2, 0.25) is 0 Å². The topological polar surface area (TPSA) is 72.0 Å². The zero-order valence-corrected chi connectivity index (χ0v) is 10.5. The average Bonchev–Trinajstić information content (AvgIpc) is 2.40. The van der Waals surface area contributed by atoms with Crippen LogP contribution in [0.25, 0.3) is 22.3 Å². The van der Waals surface area contributed by atoms with Crippen molar-refractivity contribution in [3.63, 3.8) is 0 Å². The number of benzene rings is 2. The summed E-state index contributed by atoms with van der Waals surface area (Å²) in [6, 6.07) is 12.8. The van der Waals surface area contributed by atoms with Gasteiger partial charge in [0.25, 0.3) is 0 Å². The van der Waals surface area contributed by atoms with Gasteiger partial charge in [-0.05, 0) is 31.2 Å². The van der Waals surface area contributed by atoms with Gasteiger partial charge in [-0.2, -0.15) is 0 Å². The van der Waals surface area contributed by atoms with E-state index in [0.29, 0.717) is 17.2 Å². The third kappa shape index (κ3) is 1.97. The predicted molar refractivity (Wildman–Crippen MR) is 75.8 cm³/mol. The third-order valence-corrected chi connectivity index (χ3v) is 3.03. The molecule has 3 aromatic rings. The summed E-state index contributed by atoms with van der Waals surface area (Å²) in [6.07, 6.45) is 0. The van der Waals surface area contributed by atoms with Crippen molar-refractivity contribution in [1.82, 2.24) is 9.97 Å². The Morgan fingerprint density at radius 3 is 2.63 bits per heavy atom. The molecule has 1 aromatic heterocycles. The molecule has 0 atom stereocenters. The van der Waals surface area contributed by atoms with Crippen LogP contribution in [0.2, 0.25) is 0 Å². The van der Waals surface area contributed by atoms with E-state index in [1.807, 2.05) is 31.2 Å². The number of anilines is 1. The second-order valence-corrected chi connectivity index (χ2v) is 4.47. The normalized spacial score (nSPS) is 10.8. The number of phenolic OH excluding ortho intramolecular Hbond substituents is 1. The summed E-state index contributed by atoms with van der Waals surface area (Å²) in [5.74, 6) is 1.01. The molecule has 0 aliphatic carbocycles. The van der Waals surface area contributed by atoms with E-state index in [9.17, 15) is 5.11 Å². The molecule has 4 heteroatoms. The van der Waals surface area contributed by atoms with Crippen LogP contribution in [0, 0.1) is 6.92 Å². The van der Waals surface area contributed by atoms with Gasteiger partial charge in [0.05, 0.1) is 11.1 Å². The Hall–Kier alpha value is -2.62. The minimum absolute atomic E-state index is 0.147. The molecular formula is C15H13N3O. The van der Waals surface area contributed by atoms with Crippen molar-refractivity contribution < 1.29 is 5.11 Å². The van der Waals surface area contributed by atoms with Crippen molar-refractivity contribution in [1.29, 1.82) is 0 Å². The van der Waals surface area contributed by atoms with Crippen molar-refractivity contribution in [2.24, 2.45) is 0 Å². The largest absolute Gasteiger partial charge is 0.507 e. The fraction of sp³-hybridized carbons (Fsp3) is 0.0667. The van der Waals surface area contributed by atoms with Gasteiger partial charge in [0.1, 0.15) is 11.6 Å². The molecule has 2 aromatic carbocycles. The fourth-order valence-corrected chi connectivity index (χ4v) is 2.05. The molecule has 0 saturated heterocycles. The van der Waals surface area contributed by atoms with Crippen LogP contribution in [0.3, 0.4) is 0 Å². The maximum absolute atomic E-state index is 9.85. The molecular weight excluding hydrogens is 238 g/mol. The van der Waals surface area contributed by atoms with Gasteiger partial charge < -0.3 is 10.8 Å². The number of nitrogen functional groups attached to an aromatic ring is 1. The number of aromatic hydroxyl groups is 1. The van der Waals surface area contributed by atoms with Crippen molar-refractivity contribution in [3.05, 3.63) is 48.0 Å². The van der Waals surface area contributed by atoms with Crippen LogP contribution in [0.4, 0.5) is 5.82 Å². The number of aryl methyl sites for hydroxylation is 1. The Kier molecular flexibility index (Phi) is 2.56. The average molecular weight is 251 g/mol. The van der Waals surface area contributed by atoms with Gasteiger partial charge in [-0.3, -0.25) is 0 Å². The first-order chi connectivity index (χ1) is 9.15. The quantitative estimate of drug-likeness (QED) is 0.697. The number of para-hydroxylation sites is 1. The van der Waals surface area contributed by atoms with Crippen molar-refractivity contribution in [2.45, 2.75) is 6.92 Å². The van der Waals surface area contributed by atoms with Crippen molar-refractivity contribution in [3.8, 4) is 17.1 Å². The molecule has 0 spiro atoms. The molecule has 3 rings (SSSR count). The maximum Gasteiger partial charge on any atom is 0.165 e. The van der Waals surface area contributed by atoms with Gasteiger partial charge in [-0.1, -0.05) is 23.8 Å². The van der Waals surface area contributed by atoms with E-state index in [0.717, 1.165) is 16.5 Å². The van der Waals surface area contributed by atoms with Gasteiger partial charge in [-0.15, -0.1) is 0 Å².